The lowest BCUT2D eigenvalue weighted by molar-refractivity contribution is 0.442. The van der Waals surface area contributed by atoms with E-state index in [9.17, 15) is 0 Å². The van der Waals surface area contributed by atoms with Crippen molar-refractivity contribution in [1.82, 2.24) is 0 Å². The molecule has 1 rings (SSSR count). The molecule has 0 atom stereocenters. The van der Waals surface area contributed by atoms with Crippen LogP contribution in [0.25, 0.3) is 0 Å². The zero-order valence-electron chi connectivity index (χ0n) is 9.53. The third kappa shape index (κ3) is 2.52. The lowest BCUT2D eigenvalue weighted by Gasteiger charge is -2.11. The van der Waals surface area contributed by atoms with Crippen LogP contribution >= 0.6 is 0 Å². The van der Waals surface area contributed by atoms with Crippen molar-refractivity contribution in [3.8, 4) is 12.1 Å². The van der Waals surface area contributed by atoms with E-state index in [0.717, 1.165) is 12.2 Å². The van der Waals surface area contributed by atoms with Gasteiger partial charge in [0.2, 0.25) is 0 Å². The predicted molar refractivity (Wildman–Crippen MR) is 60.3 cm³/mol. The van der Waals surface area contributed by atoms with Crippen LogP contribution in [0.4, 0.5) is 0 Å². The molecule has 0 amide bonds. The minimum atomic E-state index is -1.11. The van der Waals surface area contributed by atoms with E-state index in [-0.39, 0.29) is 0 Å². The highest BCUT2D eigenvalue weighted by Gasteiger charge is 2.28. The Kier molecular flexibility index (Phi) is 3.91. The summed E-state index contributed by atoms with van der Waals surface area (Å²) in [6.45, 7) is 3.79. The quantitative estimate of drug-likeness (QED) is 0.724. The molecule has 0 spiro atoms. The minimum Gasteiger partial charge on any atom is -0.466 e. The summed E-state index contributed by atoms with van der Waals surface area (Å²) in [5.41, 5.74) is -1.11. The van der Waals surface area contributed by atoms with Crippen LogP contribution in [-0.2, 0) is 12.8 Å². The van der Waals surface area contributed by atoms with Gasteiger partial charge in [0.1, 0.15) is 11.5 Å². The van der Waals surface area contributed by atoms with Crippen molar-refractivity contribution in [3.63, 3.8) is 0 Å². The number of rotatable bonds is 4. The van der Waals surface area contributed by atoms with Gasteiger partial charge in [-0.25, -0.2) is 0 Å². The molecule has 1 aromatic rings. The van der Waals surface area contributed by atoms with Gasteiger partial charge in [0, 0.05) is 12.8 Å². The van der Waals surface area contributed by atoms with Crippen LogP contribution in [0.3, 0.4) is 0 Å². The summed E-state index contributed by atoms with van der Waals surface area (Å²) >= 11 is 0. The number of allylic oxidation sites excluding steroid dienone is 2. The molecule has 3 nitrogen and oxygen atoms in total. The van der Waals surface area contributed by atoms with E-state index in [1.165, 1.54) is 0 Å². The van der Waals surface area contributed by atoms with Crippen LogP contribution in [0.1, 0.15) is 25.4 Å². The first-order valence-electron chi connectivity index (χ1n) is 5.23. The maximum absolute atomic E-state index is 9.07. The molecular formula is C13H14N2O. The van der Waals surface area contributed by atoms with E-state index in [2.05, 4.69) is 0 Å². The lowest BCUT2D eigenvalue weighted by atomic mass is 9.86. The van der Waals surface area contributed by atoms with E-state index < -0.39 is 5.41 Å². The normalized spacial score (nSPS) is 11.2. The second-order valence-corrected chi connectivity index (χ2v) is 3.59. The van der Waals surface area contributed by atoms with E-state index in [1.807, 2.05) is 31.2 Å². The summed E-state index contributed by atoms with van der Waals surface area (Å²) in [5.74, 6) is 1.55. The fourth-order valence-electron chi connectivity index (χ4n) is 1.50. The molecule has 0 bridgehead atoms. The molecule has 0 aliphatic rings. The van der Waals surface area contributed by atoms with Crippen LogP contribution in [0.2, 0.25) is 0 Å². The molecule has 0 unspecified atom stereocenters. The smallest absolute Gasteiger partial charge is 0.168 e. The lowest BCUT2D eigenvalue weighted by Crippen LogP contribution is -2.15. The van der Waals surface area contributed by atoms with Crippen LogP contribution < -0.4 is 0 Å². The summed E-state index contributed by atoms with van der Waals surface area (Å²) in [7, 11) is 0. The number of hydrogen-bond donors (Lipinski definition) is 0. The average Bonchev–Trinajstić information content (AvgIpc) is 2.76. The zero-order valence-corrected chi connectivity index (χ0v) is 9.53. The Bertz CT molecular complexity index is 443. The van der Waals surface area contributed by atoms with Crippen LogP contribution in [0.5, 0.6) is 0 Å². The number of hydrogen-bond acceptors (Lipinski definition) is 3. The average molecular weight is 214 g/mol. The first kappa shape index (κ1) is 12.1. The Hall–Kier alpha value is -2.00. The van der Waals surface area contributed by atoms with Crippen molar-refractivity contribution in [2.45, 2.75) is 26.7 Å². The van der Waals surface area contributed by atoms with Gasteiger partial charge in [0.05, 0.1) is 12.1 Å². The summed E-state index contributed by atoms with van der Waals surface area (Å²) in [6.07, 6.45) is 4.44. The fourth-order valence-corrected chi connectivity index (χ4v) is 1.50. The van der Waals surface area contributed by atoms with Gasteiger partial charge in [0.25, 0.3) is 0 Å². The molecule has 0 radical (unpaired) electrons. The third-order valence-electron chi connectivity index (χ3n) is 2.37. The Morgan fingerprint density at radius 3 is 2.38 bits per heavy atom. The molecule has 0 saturated carbocycles. The second kappa shape index (κ2) is 5.19. The van der Waals surface area contributed by atoms with Gasteiger partial charge in [-0.05, 0) is 19.1 Å². The highest BCUT2D eigenvalue weighted by Crippen LogP contribution is 2.24. The molecule has 0 N–H and O–H groups in total. The molecule has 0 aliphatic heterocycles. The molecule has 1 aromatic heterocycles. The molecule has 82 valence electrons. The molecular weight excluding hydrogens is 200 g/mol. The zero-order chi connectivity index (χ0) is 12.0. The van der Waals surface area contributed by atoms with Crippen LogP contribution in [0, 0.1) is 28.1 Å². The van der Waals surface area contributed by atoms with E-state index in [4.69, 9.17) is 14.9 Å². The van der Waals surface area contributed by atoms with Crippen molar-refractivity contribution in [2.75, 3.05) is 0 Å². The van der Waals surface area contributed by atoms with Gasteiger partial charge in [-0.2, -0.15) is 10.5 Å². The maximum atomic E-state index is 9.07. The third-order valence-corrected chi connectivity index (χ3v) is 2.37. The monoisotopic (exact) mass is 214 g/mol. The summed E-state index contributed by atoms with van der Waals surface area (Å²) < 4.78 is 5.50. The fraction of sp³-hybridized carbons (Fsp3) is 0.385. The van der Waals surface area contributed by atoms with E-state index in [1.54, 1.807) is 19.1 Å². The number of aryl methyl sites for hydroxylation is 1. The standard InChI is InChI=1S/C13H14N2O/c1-3-7-13(9-14,10-15)8-12-6-5-11(4-2)16-12/h3,5-7H,4,8H2,1-2H3. The predicted octanol–water partition coefficient (Wildman–Crippen LogP) is 2.99. The maximum Gasteiger partial charge on any atom is 0.168 e. The van der Waals surface area contributed by atoms with Gasteiger partial charge < -0.3 is 4.42 Å². The Morgan fingerprint density at radius 1 is 1.31 bits per heavy atom. The van der Waals surface area contributed by atoms with Crippen LogP contribution in [0.15, 0.2) is 28.7 Å². The largest absolute Gasteiger partial charge is 0.466 e. The SMILES string of the molecule is CC=CC(C#N)(C#N)Cc1ccc(CC)o1. The van der Waals surface area contributed by atoms with Crippen molar-refractivity contribution in [3.05, 3.63) is 35.8 Å². The molecule has 0 aromatic carbocycles. The second-order valence-electron chi connectivity index (χ2n) is 3.59. The minimum absolute atomic E-state index is 0.296. The molecule has 0 aliphatic carbocycles. The molecule has 0 saturated heterocycles. The molecule has 3 heteroatoms. The summed E-state index contributed by atoms with van der Waals surface area (Å²) in [6, 6.07) is 7.77. The first-order chi connectivity index (χ1) is 7.69. The van der Waals surface area contributed by atoms with Crippen molar-refractivity contribution >= 4 is 0 Å². The number of furan rings is 1. The van der Waals surface area contributed by atoms with Crippen molar-refractivity contribution in [1.29, 1.82) is 10.5 Å². The van der Waals surface area contributed by atoms with Crippen molar-refractivity contribution in [2.24, 2.45) is 5.41 Å². The summed E-state index contributed by atoms with van der Waals surface area (Å²) in [5, 5.41) is 18.1. The van der Waals surface area contributed by atoms with Gasteiger partial charge in [-0.15, -0.1) is 0 Å². The Morgan fingerprint density at radius 2 is 1.94 bits per heavy atom. The van der Waals surface area contributed by atoms with Gasteiger partial charge in [-0.1, -0.05) is 19.1 Å². The molecule has 0 fully saturated rings. The Labute approximate surface area is 95.6 Å². The number of nitrogens with zero attached hydrogens (tertiary/aromatic N) is 2. The topological polar surface area (TPSA) is 60.7 Å². The van der Waals surface area contributed by atoms with Gasteiger partial charge in [-0.3, -0.25) is 0 Å². The van der Waals surface area contributed by atoms with Gasteiger partial charge >= 0.3 is 0 Å². The molecule has 1 heterocycles. The van der Waals surface area contributed by atoms with E-state index >= 15 is 0 Å². The van der Waals surface area contributed by atoms with Crippen molar-refractivity contribution < 1.29 is 4.42 Å². The number of nitriles is 2. The molecule has 16 heavy (non-hydrogen) atoms. The van der Waals surface area contributed by atoms with Crippen LogP contribution in [-0.4, -0.2) is 0 Å². The first-order valence-corrected chi connectivity index (χ1v) is 5.23. The Balaban J connectivity index is 2.93. The highest BCUT2D eigenvalue weighted by molar-refractivity contribution is 5.27. The van der Waals surface area contributed by atoms with Gasteiger partial charge in [0.15, 0.2) is 5.41 Å². The highest BCUT2D eigenvalue weighted by atomic mass is 16.3. The summed E-state index contributed by atoms with van der Waals surface area (Å²) in [4.78, 5) is 0. The van der Waals surface area contributed by atoms with E-state index in [0.29, 0.717) is 12.2 Å².